The molecule has 0 saturated heterocycles. The van der Waals surface area contributed by atoms with Crippen LogP contribution in [-0.2, 0) is 4.74 Å². The van der Waals surface area contributed by atoms with Gasteiger partial charge in [0.1, 0.15) is 5.56 Å². The fourth-order valence-corrected chi connectivity index (χ4v) is 1.59. The van der Waals surface area contributed by atoms with E-state index < -0.39 is 17.5 Å². The summed E-state index contributed by atoms with van der Waals surface area (Å²) < 4.78 is 17.9. The molecule has 1 rings (SSSR count). The first-order chi connectivity index (χ1) is 8.01. The predicted molar refractivity (Wildman–Crippen MR) is 61.5 cm³/mol. The number of methoxy groups -OCH3 is 1. The molecule has 0 aliphatic rings. The van der Waals surface area contributed by atoms with Crippen LogP contribution >= 0.6 is 0 Å². The van der Waals surface area contributed by atoms with Gasteiger partial charge in [-0.2, -0.15) is 0 Å². The predicted octanol–water partition coefficient (Wildman–Crippen LogP) is 1.77. The fraction of sp³-hybridized carbons (Fsp3) is 0.417. The summed E-state index contributed by atoms with van der Waals surface area (Å²) in [4.78, 5) is 11.3. The van der Waals surface area contributed by atoms with Crippen LogP contribution in [0.5, 0.6) is 5.75 Å². The van der Waals surface area contributed by atoms with Gasteiger partial charge in [0.15, 0.2) is 11.6 Å². The first kappa shape index (κ1) is 13.4. The molecule has 0 aliphatic heterocycles. The van der Waals surface area contributed by atoms with Crippen molar-refractivity contribution in [3.63, 3.8) is 0 Å². The molecule has 0 heterocycles. The number of benzene rings is 1. The number of aromatic hydroxyl groups is 1. The van der Waals surface area contributed by atoms with Crippen LogP contribution in [-0.4, -0.2) is 24.7 Å². The Morgan fingerprint density at radius 3 is 2.76 bits per heavy atom. The van der Waals surface area contributed by atoms with Crippen LogP contribution in [0.4, 0.5) is 4.39 Å². The highest BCUT2D eigenvalue weighted by atomic mass is 19.1. The Bertz CT molecular complexity index is 420. The zero-order valence-corrected chi connectivity index (χ0v) is 9.87. The highest BCUT2D eigenvalue weighted by molar-refractivity contribution is 5.92. The van der Waals surface area contributed by atoms with Gasteiger partial charge in [-0.25, -0.2) is 9.18 Å². The number of carbonyl (C=O) groups is 1. The molecule has 4 nitrogen and oxygen atoms in total. The van der Waals surface area contributed by atoms with Gasteiger partial charge in [0.25, 0.3) is 0 Å². The zero-order valence-electron chi connectivity index (χ0n) is 9.87. The third-order valence-corrected chi connectivity index (χ3v) is 2.66. The van der Waals surface area contributed by atoms with E-state index in [1.54, 1.807) is 0 Å². The van der Waals surface area contributed by atoms with E-state index in [0.29, 0.717) is 18.5 Å². The Kier molecular flexibility index (Phi) is 4.45. The number of phenolic OH excluding ortho intramolecular Hbond substituents is 1. The molecule has 0 amide bonds. The maximum atomic E-state index is 13.4. The summed E-state index contributed by atoms with van der Waals surface area (Å²) in [7, 11) is 1.18. The second kappa shape index (κ2) is 5.63. The van der Waals surface area contributed by atoms with Crippen molar-refractivity contribution >= 4 is 5.97 Å². The topological polar surface area (TPSA) is 72.5 Å². The number of rotatable bonds is 4. The van der Waals surface area contributed by atoms with Crippen molar-refractivity contribution in [3.05, 3.63) is 29.1 Å². The number of halogens is 1. The Morgan fingerprint density at radius 1 is 1.59 bits per heavy atom. The third kappa shape index (κ3) is 2.94. The first-order valence-corrected chi connectivity index (χ1v) is 5.32. The van der Waals surface area contributed by atoms with E-state index >= 15 is 0 Å². The third-order valence-electron chi connectivity index (χ3n) is 2.66. The molecule has 17 heavy (non-hydrogen) atoms. The second-order valence-corrected chi connectivity index (χ2v) is 3.87. The number of esters is 1. The molecule has 0 aromatic heterocycles. The molecular formula is C12H16FNO3. The standard InChI is InChI=1S/C12H16FNO3/c1-7(3-4-14)8-5-9(12(16)17-2)11(15)10(13)6-8/h5-7,15H,3-4,14H2,1-2H3. The minimum Gasteiger partial charge on any atom is -0.504 e. The Morgan fingerprint density at radius 2 is 2.24 bits per heavy atom. The molecule has 5 heteroatoms. The van der Waals surface area contributed by atoms with E-state index in [1.165, 1.54) is 19.2 Å². The smallest absolute Gasteiger partial charge is 0.341 e. The zero-order chi connectivity index (χ0) is 13.0. The maximum Gasteiger partial charge on any atom is 0.341 e. The lowest BCUT2D eigenvalue weighted by Gasteiger charge is -2.13. The van der Waals surface area contributed by atoms with Crippen molar-refractivity contribution < 1.29 is 19.0 Å². The number of ether oxygens (including phenoxy) is 1. The average Bonchev–Trinajstić information content (AvgIpc) is 2.31. The lowest BCUT2D eigenvalue weighted by molar-refractivity contribution is 0.0596. The number of hydrogen-bond acceptors (Lipinski definition) is 4. The van der Waals surface area contributed by atoms with Crippen molar-refractivity contribution in [2.75, 3.05) is 13.7 Å². The van der Waals surface area contributed by atoms with Gasteiger partial charge in [-0.3, -0.25) is 0 Å². The van der Waals surface area contributed by atoms with Crippen LogP contribution in [0, 0.1) is 5.82 Å². The molecule has 1 aromatic rings. The van der Waals surface area contributed by atoms with E-state index in [1.807, 2.05) is 6.92 Å². The van der Waals surface area contributed by atoms with Gasteiger partial charge in [0, 0.05) is 0 Å². The van der Waals surface area contributed by atoms with Crippen molar-refractivity contribution in [2.45, 2.75) is 19.3 Å². The summed E-state index contributed by atoms with van der Waals surface area (Å²) in [5.41, 5.74) is 5.88. The first-order valence-electron chi connectivity index (χ1n) is 5.32. The molecule has 0 spiro atoms. The summed E-state index contributed by atoms with van der Waals surface area (Å²) in [6.07, 6.45) is 0.671. The van der Waals surface area contributed by atoms with E-state index in [0.717, 1.165) is 0 Å². The van der Waals surface area contributed by atoms with Crippen LogP contribution in [0.1, 0.15) is 35.2 Å². The second-order valence-electron chi connectivity index (χ2n) is 3.87. The highest BCUT2D eigenvalue weighted by Gasteiger charge is 2.18. The molecule has 94 valence electrons. The van der Waals surface area contributed by atoms with Gasteiger partial charge >= 0.3 is 5.97 Å². The molecule has 1 atom stereocenters. The monoisotopic (exact) mass is 241 g/mol. The van der Waals surface area contributed by atoms with Crippen molar-refractivity contribution in [3.8, 4) is 5.75 Å². The van der Waals surface area contributed by atoms with E-state index in [4.69, 9.17) is 5.73 Å². The van der Waals surface area contributed by atoms with Crippen molar-refractivity contribution in [1.82, 2.24) is 0 Å². The molecule has 0 saturated carbocycles. The van der Waals surface area contributed by atoms with Gasteiger partial charge in [0.2, 0.25) is 0 Å². The fourth-order valence-electron chi connectivity index (χ4n) is 1.59. The van der Waals surface area contributed by atoms with E-state index in [9.17, 15) is 14.3 Å². The van der Waals surface area contributed by atoms with Gasteiger partial charge in [-0.05, 0) is 36.6 Å². The lowest BCUT2D eigenvalue weighted by atomic mass is 9.95. The highest BCUT2D eigenvalue weighted by Crippen LogP contribution is 2.28. The summed E-state index contributed by atoms with van der Waals surface area (Å²) >= 11 is 0. The van der Waals surface area contributed by atoms with Gasteiger partial charge in [0.05, 0.1) is 7.11 Å². The Hall–Kier alpha value is -1.62. The van der Waals surface area contributed by atoms with Gasteiger partial charge in [-0.1, -0.05) is 6.92 Å². The molecule has 1 unspecified atom stereocenters. The SMILES string of the molecule is COC(=O)c1cc(C(C)CCN)cc(F)c1O. The summed E-state index contributed by atoms with van der Waals surface area (Å²) in [5.74, 6) is -2.26. The lowest BCUT2D eigenvalue weighted by Crippen LogP contribution is -2.08. The average molecular weight is 241 g/mol. The molecular weight excluding hydrogens is 225 g/mol. The minimum absolute atomic E-state index is 0.0125. The van der Waals surface area contributed by atoms with Crippen molar-refractivity contribution in [2.24, 2.45) is 5.73 Å². The molecule has 0 aliphatic carbocycles. The Balaban J connectivity index is 3.18. The van der Waals surface area contributed by atoms with Crippen LogP contribution < -0.4 is 5.73 Å². The van der Waals surface area contributed by atoms with E-state index in [-0.39, 0.29) is 11.5 Å². The summed E-state index contributed by atoms with van der Waals surface area (Å²) in [5, 5.41) is 9.43. The maximum absolute atomic E-state index is 13.4. The summed E-state index contributed by atoms with van der Waals surface area (Å²) in [6, 6.07) is 2.65. The van der Waals surface area contributed by atoms with Crippen LogP contribution in [0.25, 0.3) is 0 Å². The molecule has 3 N–H and O–H groups in total. The normalized spacial score (nSPS) is 12.2. The van der Waals surface area contributed by atoms with Gasteiger partial charge < -0.3 is 15.6 Å². The largest absolute Gasteiger partial charge is 0.504 e. The van der Waals surface area contributed by atoms with Crippen LogP contribution in [0.15, 0.2) is 12.1 Å². The molecule has 0 bridgehead atoms. The van der Waals surface area contributed by atoms with Crippen LogP contribution in [0.2, 0.25) is 0 Å². The number of hydrogen-bond donors (Lipinski definition) is 2. The molecule has 0 radical (unpaired) electrons. The van der Waals surface area contributed by atoms with Gasteiger partial charge in [-0.15, -0.1) is 0 Å². The number of carbonyl (C=O) groups excluding carboxylic acids is 1. The Labute approximate surface area is 99.2 Å². The number of phenols is 1. The molecule has 0 fully saturated rings. The van der Waals surface area contributed by atoms with E-state index in [2.05, 4.69) is 4.74 Å². The summed E-state index contributed by atoms with van der Waals surface area (Å²) in [6.45, 7) is 2.34. The quantitative estimate of drug-likeness (QED) is 0.788. The minimum atomic E-state index is -0.827. The van der Waals surface area contributed by atoms with Crippen LogP contribution in [0.3, 0.4) is 0 Å². The van der Waals surface area contributed by atoms with Crippen molar-refractivity contribution in [1.29, 1.82) is 0 Å². The molecule has 1 aromatic carbocycles. The number of nitrogens with two attached hydrogens (primary N) is 1.